The number of hydrogen-bond acceptors (Lipinski definition) is 8. The quantitative estimate of drug-likeness (QED) is 0.0648. The van der Waals surface area contributed by atoms with Crippen LogP contribution in [0.3, 0.4) is 0 Å². The minimum Gasteiger partial charge on any atom is -0.481 e. The average Bonchev–Trinajstić information content (AvgIpc) is 4.12. The van der Waals surface area contributed by atoms with E-state index < -0.39 is 36.0 Å². The van der Waals surface area contributed by atoms with E-state index in [1.807, 2.05) is 62.4 Å². The van der Waals surface area contributed by atoms with Crippen LogP contribution in [0.2, 0.25) is 0 Å². The van der Waals surface area contributed by atoms with Crippen molar-refractivity contribution < 1.29 is 39.6 Å². The molecule has 4 aromatic rings. The maximum Gasteiger partial charge on any atom is 0.311 e. The highest BCUT2D eigenvalue weighted by molar-refractivity contribution is 6.04. The van der Waals surface area contributed by atoms with Crippen molar-refractivity contribution in [3.8, 4) is 11.1 Å². The van der Waals surface area contributed by atoms with Crippen LogP contribution in [-0.4, -0.2) is 67.2 Å². The number of amides is 1. The van der Waals surface area contributed by atoms with Crippen LogP contribution in [0.15, 0.2) is 60.9 Å². The minimum absolute atomic E-state index is 0.115. The molecule has 0 bridgehead atoms. The Morgan fingerprint density at radius 3 is 1.68 bits per heavy atom. The summed E-state index contributed by atoms with van der Waals surface area (Å²) in [6.07, 6.45) is 8.89. The normalized spacial score (nSPS) is 16.1. The van der Waals surface area contributed by atoms with Gasteiger partial charge in [-0.15, -0.1) is 0 Å². The summed E-state index contributed by atoms with van der Waals surface area (Å²) in [5, 5.41) is 41.7. The smallest absolute Gasteiger partial charge is 0.311 e. The van der Waals surface area contributed by atoms with Gasteiger partial charge in [-0.2, -0.15) is 0 Å². The molecule has 294 valence electrons. The van der Waals surface area contributed by atoms with E-state index in [1.165, 1.54) is 13.8 Å². The molecule has 0 aliphatic heterocycles. The Hall–Kier alpha value is -5.26. The number of pyridine rings is 2. The van der Waals surface area contributed by atoms with E-state index in [0.29, 0.717) is 36.1 Å². The molecule has 2 fully saturated rings. The number of nitrogens with one attached hydrogen (secondary N) is 1. The standard InChI is InChI=1S/C45H51N3O8/c1-26-30(19-40(51)38-20-35(28-11-12-28)31(22-46-38)15-17-44(3,24-49)42(53)54)7-5-8-33(26)34-9-6-10-37(27(34)2)48-41(52)39-21-36(29-13-14-29)32(23-47-39)16-18-45(4,25-50)43(55)56/h5-10,20-23,28-29,49-50H,11-19,24-25H2,1-4H3,(H,48,52)(H,53,54)(H,55,56)/t44-,45-/m0/s1. The van der Waals surface area contributed by atoms with E-state index in [0.717, 1.165) is 75.8 Å². The maximum atomic E-state index is 13.7. The predicted molar refractivity (Wildman–Crippen MR) is 212 cm³/mol. The van der Waals surface area contributed by atoms with Crippen LogP contribution in [0.25, 0.3) is 11.1 Å². The van der Waals surface area contributed by atoms with Crippen LogP contribution in [-0.2, 0) is 28.9 Å². The molecule has 0 unspecified atom stereocenters. The van der Waals surface area contributed by atoms with Crippen LogP contribution in [0, 0.1) is 24.7 Å². The number of benzene rings is 2. The molecule has 0 spiro atoms. The molecular weight excluding hydrogens is 711 g/mol. The van der Waals surface area contributed by atoms with Crippen molar-refractivity contribution >= 4 is 29.3 Å². The van der Waals surface area contributed by atoms with Crippen molar-refractivity contribution in [1.29, 1.82) is 0 Å². The van der Waals surface area contributed by atoms with Crippen molar-refractivity contribution in [3.05, 3.63) is 111 Å². The molecule has 2 aliphatic rings. The van der Waals surface area contributed by atoms with Gasteiger partial charge in [0.15, 0.2) is 5.78 Å². The number of hydrogen-bond donors (Lipinski definition) is 5. The number of aliphatic hydroxyl groups is 2. The summed E-state index contributed by atoms with van der Waals surface area (Å²) in [7, 11) is 0. The van der Waals surface area contributed by atoms with Gasteiger partial charge in [0.05, 0.1) is 24.0 Å². The van der Waals surface area contributed by atoms with Gasteiger partial charge in [-0.05, 0) is 159 Å². The summed E-state index contributed by atoms with van der Waals surface area (Å²) >= 11 is 0. The second-order valence-corrected chi connectivity index (χ2v) is 16.3. The summed E-state index contributed by atoms with van der Waals surface area (Å²) in [4.78, 5) is 59.8. The first-order chi connectivity index (χ1) is 26.7. The number of aryl methyl sites for hydroxylation is 2. The fourth-order valence-electron chi connectivity index (χ4n) is 7.25. The fraction of sp³-hybridized carbons (Fsp3) is 0.422. The summed E-state index contributed by atoms with van der Waals surface area (Å²) in [5.74, 6) is -1.94. The van der Waals surface area contributed by atoms with E-state index in [1.54, 1.807) is 12.4 Å². The third-order valence-electron chi connectivity index (χ3n) is 11.9. The third-order valence-corrected chi connectivity index (χ3v) is 11.9. The van der Waals surface area contributed by atoms with E-state index in [4.69, 9.17) is 0 Å². The van der Waals surface area contributed by atoms with Crippen molar-refractivity contribution in [2.75, 3.05) is 18.5 Å². The lowest BCUT2D eigenvalue weighted by Gasteiger charge is -2.22. The number of carboxylic acid groups (broad SMARTS) is 2. The lowest BCUT2D eigenvalue weighted by atomic mass is 9.84. The lowest BCUT2D eigenvalue weighted by Crippen LogP contribution is -2.32. The number of aromatic nitrogens is 2. The zero-order chi connectivity index (χ0) is 40.4. The van der Waals surface area contributed by atoms with Gasteiger partial charge < -0.3 is 25.7 Å². The molecule has 11 nitrogen and oxygen atoms in total. The molecule has 5 N–H and O–H groups in total. The highest BCUT2D eigenvalue weighted by Gasteiger charge is 2.35. The van der Waals surface area contributed by atoms with Crippen molar-refractivity contribution in [2.24, 2.45) is 10.8 Å². The van der Waals surface area contributed by atoms with Gasteiger partial charge in [0.2, 0.25) is 0 Å². The summed E-state index contributed by atoms with van der Waals surface area (Å²) in [6.45, 7) is 6.08. The van der Waals surface area contributed by atoms with E-state index >= 15 is 0 Å². The van der Waals surface area contributed by atoms with E-state index in [2.05, 4.69) is 15.3 Å². The molecule has 0 saturated heterocycles. The second kappa shape index (κ2) is 16.5. The molecule has 2 saturated carbocycles. The van der Waals surface area contributed by atoms with Gasteiger partial charge >= 0.3 is 11.9 Å². The first kappa shape index (κ1) is 40.4. The summed E-state index contributed by atoms with van der Waals surface area (Å²) in [5.41, 5.74) is 7.13. The second-order valence-electron chi connectivity index (χ2n) is 16.3. The van der Waals surface area contributed by atoms with Crippen LogP contribution in [0.4, 0.5) is 5.69 Å². The molecule has 2 aliphatic carbocycles. The summed E-state index contributed by atoms with van der Waals surface area (Å²) in [6, 6.07) is 15.3. The highest BCUT2D eigenvalue weighted by Crippen LogP contribution is 2.44. The number of anilines is 1. The Labute approximate surface area is 327 Å². The Morgan fingerprint density at radius 2 is 1.18 bits per heavy atom. The SMILES string of the molecule is Cc1c(CC(=O)c2cc(C3CC3)c(CC[C@@](C)(CO)C(=O)O)cn2)cccc1-c1cccc(NC(=O)c2cc(C3CC3)c(CC[C@@](C)(CO)C(=O)O)cn2)c1C. The van der Waals surface area contributed by atoms with Gasteiger partial charge in [0.1, 0.15) is 11.4 Å². The molecule has 2 atom stereocenters. The van der Waals surface area contributed by atoms with Crippen molar-refractivity contribution in [2.45, 2.75) is 97.3 Å². The van der Waals surface area contributed by atoms with Crippen molar-refractivity contribution in [3.63, 3.8) is 0 Å². The Morgan fingerprint density at radius 1 is 0.696 bits per heavy atom. The largest absolute Gasteiger partial charge is 0.481 e. The molecule has 6 rings (SSSR count). The van der Waals surface area contributed by atoms with Gasteiger partial charge in [0, 0.05) is 24.5 Å². The molecule has 11 heteroatoms. The zero-order valence-corrected chi connectivity index (χ0v) is 32.5. The number of carboxylic acids is 2. The minimum atomic E-state index is -1.26. The first-order valence-electron chi connectivity index (χ1n) is 19.4. The third kappa shape index (κ3) is 8.74. The number of aliphatic carboxylic acids is 2. The van der Waals surface area contributed by atoms with Crippen LogP contribution >= 0.6 is 0 Å². The molecular formula is C45H51N3O8. The van der Waals surface area contributed by atoms with Gasteiger partial charge in [0.25, 0.3) is 5.91 Å². The number of aliphatic hydroxyl groups excluding tert-OH is 2. The molecule has 2 aromatic carbocycles. The number of carbonyl (C=O) groups is 4. The van der Waals surface area contributed by atoms with Crippen molar-refractivity contribution in [1.82, 2.24) is 9.97 Å². The molecule has 2 heterocycles. The highest BCUT2D eigenvalue weighted by atomic mass is 16.4. The average molecular weight is 762 g/mol. The maximum absolute atomic E-state index is 13.7. The Bertz CT molecular complexity index is 2020. The number of Topliss-reactive ketones (excluding diaryl/α,β-unsaturated/α-hetero) is 1. The number of carbonyl (C=O) groups excluding carboxylic acids is 2. The Kier molecular flexibility index (Phi) is 11.9. The van der Waals surface area contributed by atoms with Gasteiger partial charge in [-0.25, -0.2) is 0 Å². The van der Waals surface area contributed by atoms with E-state index in [9.17, 15) is 39.6 Å². The van der Waals surface area contributed by atoms with Crippen LogP contribution < -0.4 is 5.32 Å². The predicted octanol–water partition coefficient (Wildman–Crippen LogP) is 7.22. The molecule has 1 amide bonds. The molecule has 56 heavy (non-hydrogen) atoms. The van der Waals surface area contributed by atoms with E-state index in [-0.39, 0.29) is 36.6 Å². The monoisotopic (exact) mass is 761 g/mol. The zero-order valence-electron chi connectivity index (χ0n) is 32.5. The summed E-state index contributed by atoms with van der Waals surface area (Å²) < 4.78 is 0. The molecule has 0 radical (unpaired) electrons. The first-order valence-corrected chi connectivity index (χ1v) is 19.4. The topological polar surface area (TPSA) is 187 Å². The Balaban J connectivity index is 1.18. The van der Waals surface area contributed by atoms with Crippen LogP contribution in [0.5, 0.6) is 0 Å². The van der Waals surface area contributed by atoms with Crippen LogP contribution in [0.1, 0.15) is 124 Å². The number of nitrogens with zero attached hydrogens (tertiary/aromatic N) is 2. The number of ketones is 1. The number of rotatable bonds is 18. The fourth-order valence-corrected chi connectivity index (χ4v) is 7.25. The van der Waals surface area contributed by atoms with Gasteiger partial charge in [-0.1, -0.05) is 30.3 Å². The molecule has 2 aromatic heterocycles. The van der Waals surface area contributed by atoms with Gasteiger partial charge in [-0.3, -0.25) is 29.1 Å². The lowest BCUT2D eigenvalue weighted by molar-refractivity contribution is -0.151.